The van der Waals surface area contributed by atoms with Gasteiger partial charge in [-0.1, -0.05) is 19.1 Å². The van der Waals surface area contributed by atoms with E-state index in [1.54, 1.807) is 7.11 Å². The Morgan fingerprint density at radius 3 is 2.47 bits per heavy atom. The molecule has 2 aromatic rings. The first kappa shape index (κ1) is 21.9. The van der Waals surface area contributed by atoms with E-state index in [0.717, 1.165) is 29.7 Å². The van der Waals surface area contributed by atoms with Crippen molar-refractivity contribution < 1.29 is 23.8 Å². The van der Waals surface area contributed by atoms with E-state index >= 15 is 0 Å². The predicted octanol–water partition coefficient (Wildman–Crippen LogP) is 3.14. The summed E-state index contributed by atoms with van der Waals surface area (Å²) in [5.74, 6) is 0.465. The number of nitrogens with one attached hydrogen (secondary N) is 2. The van der Waals surface area contributed by atoms with Crippen molar-refractivity contribution in [3.8, 4) is 5.75 Å². The Labute approximate surface area is 176 Å². The van der Waals surface area contributed by atoms with E-state index in [-0.39, 0.29) is 35.6 Å². The summed E-state index contributed by atoms with van der Waals surface area (Å²) in [6, 6.07) is 7.33. The first-order valence-electron chi connectivity index (χ1n) is 10.3. The molecule has 7 heteroatoms. The third kappa shape index (κ3) is 4.67. The van der Waals surface area contributed by atoms with E-state index in [1.807, 2.05) is 32.0 Å². The van der Waals surface area contributed by atoms with Gasteiger partial charge >= 0.3 is 0 Å². The first-order chi connectivity index (χ1) is 14.3. The van der Waals surface area contributed by atoms with Gasteiger partial charge in [-0.15, -0.1) is 0 Å². The number of hydrogen-bond donors (Lipinski definition) is 3. The number of aliphatic hydroxyl groups is 1. The molecule has 30 heavy (non-hydrogen) atoms. The molecule has 1 saturated carbocycles. The van der Waals surface area contributed by atoms with Crippen LogP contribution in [0.5, 0.6) is 5.75 Å². The van der Waals surface area contributed by atoms with Gasteiger partial charge in [0.1, 0.15) is 11.5 Å². The van der Waals surface area contributed by atoms with Crippen molar-refractivity contribution >= 4 is 11.8 Å². The molecule has 1 aromatic carbocycles. The third-order valence-electron chi connectivity index (χ3n) is 5.80. The number of amides is 2. The molecule has 0 unspecified atom stereocenters. The fourth-order valence-corrected chi connectivity index (χ4v) is 3.94. The summed E-state index contributed by atoms with van der Waals surface area (Å²) in [6.45, 7) is 3.90. The minimum absolute atomic E-state index is 0.00522. The summed E-state index contributed by atoms with van der Waals surface area (Å²) in [4.78, 5) is 25.2. The average molecular weight is 415 g/mol. The molecule has 7 nitrogen and oxygen atoms in total. The van der Waals surface area contributed by atoms with Crippen molar-refractivity contribution in [3.05, 3.63) is 52.5 Å². The number of carbonyl (C=O) groups is 2. The Balaban J connectivity index is 1.90. The Morgan fingerprint density at radius 1 is 1.17 bits per heavy atom. The molecular weight excluding hydrogens is 384 g/mol. The number of aliphatic hydroxyl groups excluding tert-OH is 1. The first-order valence-corrected chi connectivity index (χ1v) is 10.3. The van der Waals surface area contributed by atoms with Gasteiger partial charge in [0.2, 0.25) is 0 Å². The second kappa shape index (κ2) is 9.34. The zero-order valence-corrected chi connectivity index (χ0v) is 18.0. The molecule has 1 heterocycles. The molecule has 0 radical (unpaired) electrons. The van der Waals surface area contributed by atoms with Gasteiger partial charge in [-0.2, -0.15) is 0 Å². The number of methoxy groups -OCH3 is 1. The van der Waals surface area contributed by atoms with Crippen LogP contribution in [-0.4, -0.2) is 43.2 Å². The second-order valence-electron chi connectivity index (χ2n) is 7.90. The zero-order chi connectivity index (χ0) is 21.8. The summed E-state index contributed by atoms with van der Waals surface area (Å²) in [6.07, 6.45) is 2.52. The van der Waals surface area contributed by atoms with Crippen molar-refractivity contribution in [3.63, 3.8) is 0 Å². The number of rotatable bonds is 6. The van der Waals surface area contributed by atoms with E-state index in [9.17, 15) is 14.7 Å². The predicted molar refractivity (Wildman–Crippen MR) is 113 cm³/mol. The molecule has 3 N–H and O–H groups in total. The monoisotopic (exact) mass is 414 g/mol. The van der Waals surface area contributed by atoms with Crippen molar-refractivity contribution in [2.75, 3.05) is 14.2 Å². The fraction of sp³-hybridized carbons (Fsp3) is 0.478. The molecule has 1 aromatic heterocycles. The largest absolute Gasteiger partial charge is 0.496 e. The van der Waals surface area contributed by atoms with Crippen LogP contribution in [0.2, 0.25) is 0 Å². The molecule has 0 saturated heterocycles. The average Bonchev–Trinajstić information content (AvgIpc) is 3.20. The van der Waals surface area contributed by atoms with Gasteiger partial charge in [-0.05, 0) is 49.8 Å². The lowest BCUT2D eigenvalue weighted by Crippen LogP contribution is -2.38. The van der Waals surface area contributed by atoms with E-state index in [0.29, 0.717) is 24.2 Å². The molecule has 2 amide bonds. The number of furan rings is 1. The summed E-state index contributed by atoms with van der Waals surface area (Å²) >= 11 is 0. The zero-order valence-electron chi connectivity index (χ0n) is 18.0. The van der Waals surface area contributed by atoms with Crippen molar-refractivity contribution in [2.45, 2.75) is 57.6 Å². The molecule has 162 valence electrons. The van der Waals surface area contributed by atoms with Gasteiger partial charge in [-0.25, -0.2) is 0 Å². The van der Waals surface area contributed by atoms with Crippen LogP contribution in [0.1, 0.15) is 76.3 Å². The number of ether oxygens (including phenoxy) is 1. The maximum atomic E-state index is 13.1. The van der Waals surface area contributed by atoms with Crippen LogP contribution in [0.15, 0.2) is 28.7 Å². The van der Waals surface area contributed by atoms with Crippen molar-refractivity contribution in [1.82, 2.24) is 10.6 Å². The van der Waals surface area contributed by atoms with Crippen LogP contribution < -0.4 is 15.4 Å². The quantitative estimate of drug-likeness (QED) is 0.674. The Kier molecular flexibility index (Phi) is 6.82. The van der Waals surface area contributed by atoms with Gasteiger partial charge in [0.05, 0.1) is 18.8 Å². The van der Waals surface area contributed by atoms with E-state index in [4.69, 9.17) is 9.15 Å². The van der Waals surface area contributed by atoms with Crippen LogP contribution in [0, 0.1) is 6.92 Å². The lowest BCUT2D eigenvalue weighted by atomic mass is 9.92. The smallest absolute Gasteiger partial charge is 0.286 e. The number of hydrogen-bond acceptors (Lipinski definition) is 5. The molecular formula is C23H30N2O5. The van der Waals surface area contributed by atoms with E-state index in [1.165, 1.54) is 13.1 Å². The highest BCUT2D eigenvalue weighted by Gasteiger charge is 2.28. The van der Waals surface area contributed by atoms with Crippen LogP contribution in [-0.2, 0) is 0 Å². The third-order valence-corrected chi connectivity index (χ3v) is 5.80. The standard InChI is InChI=1S/C23H30N2O5/c1-13-11-15(5-10-19(13)29-4)14(2)21-18(12-20(30-21)23(28)24-3)22(27)25-16-6-8-17(26)9-7-16/h5,10-12,14,16-17,26H,6-9H2,1-4H3,(H,24,28)(H,25,27)/t14-,16-,17-/m0/s1. The Bertz CT molecular complexity index is 912. The molecule has 0 aliphatic heterocycles. The fourth-order valence-electron chi connectivity index (χ4n) is 3.94. The molecule has 1 aliphatic rings. The van der Waals surface area contributed by atoms with Crippen molar-refractivity contribution in [1.29, 1.82) is 0 Å². The summed E-state index contributed by atoms with van der Waals surface area (Å²) < 4.78 is 11.2. The van der Waals surface area contributed by atoms with Gasteiger partial charge in [-0.3, -0.25) is 9.59 Å². The lowest BCUT2D eigenvalue weighted by Gasteiger charge is -2.26. The topological polar surface area (TPSA) is 101 Å². The van der Waals surface area contributed by atoms with Gasteiger partial charge in [0.25, 0.3) is 11.8 Å². The van der Waals surface area contributed by atoms with Gasteiger partial charge in [0.15, 0.2) is 5.76 Å². The van der Waals surface area contributed by atoms with Crippen molar-refractivity contribution in [2.24, 2.45) is 0 Å². The lowest BCUT2D eigenvalue weighted by molar-refractivity contribution is 0.0864. The highest BCUT2D eigenvalue weighted by molar-refractivity contribution is 5.99. The molecule has 1 fully saturated rings. The maximum absolute atomic E-state index is 13.1. The molecule has 3 rings (SSSR count). The highest BCUT2D eigenvalue weighted by Crippen LogP contribution is 2.32. The summed E-state index contributed by atoms with van der Waals surface area (Å²) in [5.41, 5.74) is 2.30. The number of aryl methyl sites for hydroxylation is 1. The molecule has 1 atom stereocenters. The maximum Gasteiger partial charge on any atom is 0.286 e. The van der Waals surface area contributed by atoms with Crippen LogP contribution in [0.25, 0.3) is 0 Å². The van der Waals surface area contributed by atoms with Crippen LogP contribution in [0.4, 0.5) is 0 Å². The molecule has 0 spiro atoms. The van der Waals surface area contributed by atoms with Gasteiger partial charge in [0, 0.05) is 25.1 Å². The Hall–Kier alpha value is -2.80. The minimum atomic E-state index is -0.380. The second-order valence-corrected chi connectivity index (χ2v) is 7.90. The van der Waals surface area contributed by atoms with E-state index in [2.05, 4.69) is 10.6 Å². The highest BCUT2D eigenvalue weighted by atomic mass is 16.5. The van der Waals surface area contributed by atoms with Crippen LogP contribution >= 0.6 is 0 Å². The number of benzene rings is 1. The van der Waals surface area contributed by atoms with Crippen LogP contribution in [0.3, 0.4) is 0 Å². The molecule has 0 bridgehead atoms. The normalized spacial score (nSPS) is 19.8. The SMILES string of the molecule is CNC(=O)c1cc(C(=O)N[C@H]2CC[C@H](O)CC2)c([C@@H](C)c2ccc(OC)c(C)c2)o1. The summed E-state index contributed by atoms with van der Waals surface area (Å²) in [5, 5.41) is 15.3. The summed E-state index contributed by atoms with van der Waals surface area (Å²) in [7, 11) is 3.15. The Morgan fingerprint density at radius 2 is 1.87 bits per heavy atom. The van der Waals surface area contributed by atoms with E-state index < -0.39 is 0 Å². The minimum Gasteiger partial charge on any atom is -0.496 e. The number of carbonyl (C=O) groups excluding carboxylic acids is 2. The molecule has 1 aliphatic carbocycles. The van der Waals surface area contributed by atoms with Gasteiger partial charge < -0.3 is 24.9 Å².